The van der Waals surface area contributed by atoms with Crippen molar-refractivity contribution in [1.29, 1.82) is 0 Å². The second kappa shape index (κ2) is 9.28. The van der Waals surface area contributed by atoms with Gasteiger partial charge in [0.15, 0.2) is 11.5 Å². The van der Waals surface area contributed by atoms with Gasteiger partial charge in [0.2, 0.25) is 4.96 Å². The number of aryl methyl sites for hydroxylation is 1. The van der Waals surface area contributed by atoms with Gasteiger partial charge in [0.1, 0.15) is 11.6 Å². The summed E-state index contributed by atoms with van der Waals surface area (Å²) >= 11 is 1.43. The van der Waals surface area contributed by atoms with Crippen LogP contribution in [0.4, 0.5) is 0 Å². The van der Waals surface area contributed by atoms with Gasteiger partial charge < -0.3 is 9.47 Å². The Hall–Kier alpha value is -3.23. The van der Waals surface area contributed by atoms with Crippen molar-refractivity contribution in [3.63, 3.8) is 0 Å². The van der Waals surface area contributed by atoms with Crippen LogP contribution in [-0.2, 0) is 19.7 Å². The Balaban J connectivity index is 1.42. The highest BCUT2D eigenvalue weighted by Crippen LogP contribution is 2.29. The molecule has 0 radical (unpaired) electrons. The van der Waals surface area contributed by atoms with E-state index >= 15 is 0 Å². The molecule has 0 spiro atoms. The maximum Gasteiger partial charge on any atom is 0.275 e. The van der Waals surface area contributed by atoms with E-state index in [-0.39, 0.29) is 5.56 Å². The first-order chi connectivity index (χ1) is 15.0. The van der Waals surface area contributed by atoms with Crippen LogP contribution in [0.2, 0.25) is 0 Å². The number of nitrogens with zero attached hydrogens (tertiary/aromatic N) is 4. The lowest BCUT2D eigenvalue weighted by atomic mass is 10.2. The lowest BCUT2D eigenvalue weighted by Gasteiger charge is -2.17. The summed E-state index contributed by atoms with van der Waals surface area (Å²) in [5.41, 5.74) is 2.75. The van der Waals surface area contributed by atoms with Crippen molar-refractivity contribution in [1.82, 2.24) is 19.5 Å². The van der Waals surface area contributed by atoms with E-state index in [4.69, 9.17) is 9.47 Å². The van der Waals surface area contributed by atoms with Crippen LogP contribution in [0, 0.1) is 6.92 Å². The molecule has 0 aliphatic heterocycles. The minimum atomic E-state index is -0.150. The van der Waals surface area contributed by atoms with Crippen LogP contribution in [-0.4, -0.2) is 33.7 Å². The number of rotatable bonds is 8. The van der Waals surface area contributed by atoms with E-state index in [1.807, 2.05) is 62.5 Å². The predicted octanol–water partition coefficient (Wildman–Crippen LogP) is 3.68. The third kappa shape index (κ3) is 5.10. The van der Waals surface area contributed by atoms with Gasteiger partial charge in [-0.3, -0.25) is 9.69 Å². The van der Waals surface area contributed by atoms with Gasteiger partial charge in [-0.15, -0.1) is 0 Å². The molecule has 2 aromatic carbocycles. The van der Waals surface area contributed by atoms with Gasteiger partial charge in [-0.25, -0.2) is 4.98 Å². The average Bonchev–Trinajstić information content (AvgIpc) is 3.15. The molecule has 0 aliphatic carbocycles. The molecule has 0 saturated heterocycles. The van der Waals surface area contributed by atoms with E-state index in [0.717, 1.165) is 16.1 Å². The van der Waals surface area contributed by atoms with Gasteiger partial charge >= 0.3 is 0 Å². The zero-order valence-electron chi connectivity index (χ0n) is 17.7. The van der Waals surface area contributed by atoms with Crippen molar-refractivity contribution < 1.29 is 9.47 Å². The summed E-state index contributed by atoms with van der Waals surface area (Å²) in [5, 5.41) is 5.25. The zero-order chi connectivity index (χ0) is 21.8. The number of aromatic nitrogens is 3. The van der Waals surface area contributed by atoms with Gasteiger partial charge in [-0.2, -0.15) is 9.61 Å². The first-order valence-corrected chi connectivity index (χ1v) is 10.7. The molecule has 0 amide bonds. The molecule has 2 aromatic heterocycles. The number of methoxy groups -OCH3 is 1. The molecule has 0 fully saturated rings. The Labute approximate surface area is 184 Å². The quantitative estimate of drug-likeness (QED) is 0.420. The number of hydrogen-bond donors (Lipinski definition) is 0. The minimum Gasteiger partial charge on any atom is -0.493 e. The fraction of sp³-hybridized carbons (Fsp3) is 0.261. The molecular formula is C23H24N4O3S. The van der Waals surface area contributed by atoms with Crippen molar-refractivity contribution in [3.05, 3.63) is 86.8 Å². The van der Waals surface area contributed by atoms with Crippen LogP contribution >= 0.6 is 11.3 Å². The van der Waals surface area contributed by atoms with E-state index in [0.29, 0.717) is 41.9 Å². The van der Waals surface area contributed by atoms with E-state index < -0.39 is 0 Å². The summed E-state index contributed by atoms with van der Waals surface area (Å²) in [5.74, 6) is 1.41. The van der Waals surface area contributed by atoms with Crippen LogP contribution in [0.3, 0.4) is 0 Å². The molecule has 2 heterocycles. The molecule has 0 saturated carbocycles. The molecule has 4 aromatic rings. The molecule has 0 atom stereocenters. The number of ether oxygens (including phenoxy) is 2. The summed E-state index contributed by atoms with van der Waals surface area (Å²) in [6.07, 6.45) is 0. The number of hydrogen-bond acceptors (Lipinski definition) is 7. The molecule has 0 bridgehead atoms. The molecule has 160 valence electrons. The monoisotopic (exact) mass is 436 g/mol. The second-order valence-electron chi connectivity index (χ2n) is 7.36. The van der Waals surface area contributed by atoms with Gasteiger partial charge in [0, 0.05) is 18.3 Å². The lowest BCUT2D eigenvalue weighted by Crippen LogP contribution is -2.18. The Morgan fingerprint density at radius 3 is 2.61 bits per heavy atom. The fourth-order valence-electron chi connectivity index (χ4n) is 3.29. The maximum absolute atomic E-state index is 12.1. The number of benzene rings is 2. The largest absolute Gasteiger partial charge is 0.493 e. The molecule has 0 aliphatic rings. The molecular weight excluding hydrogens is 412 g/mol. The molecule has 31 heavy (non-hydrogen) atoms. The first kappa shape index (κ1) is 21.0. The van der Waals surface area contributed by atoms with Crippen molar-refractivity contribution in [3.8, 4) is 11.5 Å². The average molecular weight is 437 g/mol. The van der Waals surface area contributed by atoms with Crippen LogP contribution in [0.1, 0.15) is 21.8 Å². The lowest BCUT2D eigenvalue weighted by molar-refractivity contribution is 0.283. The predicted molar refractivity (Wildman–Crippen MR) is 121 cm³/mol. The number of fused-ring (bicyclic) bond motifs is 1. The van der Waals surface area contributed by atoms with Gasteiger partial charge in [0.05, 0.1) is 13.7 Å². The van der Waals surface area contributed by atoms with Crippen LogP contribution < -0.4 is 15.0 Å². The first-order valence-electron chi connectivity index (χ1n) is 9.90. The summed E-state index contributed by atoms with van der Waals surface area (Å²) in [7, 11) is 3.66. The van der Waals surface area contributed by atoms with Crippen molar-refractivity contribution >= 4 is 16.3 Å². The fourth-order valence-corrected chi connectivity index (χ4v) is 4.31. The van der Waals surface area contributed by atoms with E-state index in [1.54, 1.807) is 7.11 Å². The van der Waals surface area contributed by atoms with E-state index in [9.17, 15) is 4.79 Å². The molecule has 0 N–H and O–H groups in total. The third-order valence-corrected chi connectivity index (χ3v) is 5.63. The standard InChI is InChI=1S/C23H24N4O3S/c1-16-11-22(28)27-23(24-16)31-21(25-27)14-26(2)13-18-9-10-19(20(12-18)29-3)30-15-17-7-5-4-6-8-17/h4-12H,13-15H2,1-3H3. The summed E-state index contributed by atoms with van der Waals surface area (Å²) in [6, 6.07) is 17.5. The normalized spacial score (nSPS) is 11.2. The molecule has 4 rings (SSSR count). The van der Waals surface area contributed by atoms with Crippen molar-refractivity contribution in [2.45, 2.75) is 26.6 Å². The Morgan fingerprint density at radius 1 is 1.03 bits per heavy atom. The zero-order valence-corrected chi connectivity index (χ0v) is 18.6. The highest BCUT2D eigenvalue weighted by atomic mass is 32.1. The van der Waals surface area contributed by atoms with Gasteiger partial charge in [-0.05, 0) is 37.2 Å². The SMILES string of the molecule is COc1cc(CN(C)Cc2nn3c(=O)cc(C)nc3s2)ccc1OCc1ccccc1. The van der Waals surface area contributed by atoms with Gasteiger partial charge in [0.25, 0.3) is 5.56 Å². The molecule has 8 heteroatoms. The highest BCUT2D eigenvalue weighted by Gasteiger charge is 2.12. The second-order valence-corrected chi connectivity index (χ2v) is 8.40. The Morgan fingerprint density at radius 2 is 1.84 bits per heavy atom. The summed E-state index contributed by atoms with van der Waals surface area (Å²) in [4.78, 5) is 19.2. The highest BCUT2D eigenvalue weighted by molar-refractivity contribution is 7.16. The molecule has 0 unspecified atom stereocenters. The smallest absolute Gasteiger partial charge is 0.275 e. The van der Waals surface area contributed by atoms with Crippen LogP contribution in [0.25, 0.3) is 4.96 Å². The summed E-state index contributed by atoms with van der Waals surface area (Å²) < 4.78 is 12.8. The van der Waals surface area contributed by atoms with Crippen LogP contribution in [0.15, 0.2) is 59.4 Å². The Kier molecular flexibility index (Phi) is 6.29. The van der Waals surface area contributed by atoms with E-state index in [1.165, 1.54) is 21.9 Å². The third-order valence-electron chi connectivity index (χ3n) is 4.74. The van der Waals surface area contributed by atoms with E-state index in [2.05, 4.69) is 15.0 Å². The topological polar surface area (TPSA) is 69.0 Å². The summed E-state index contributed by atoms with van der Waals surface area (Å²) in [6.45, 7) is 3.61. The minimum absolute atomic E-state index is 0.150. The molecule has 7 nitrogen and oxygen atoms in total. The van der Waals surface area contributed by atoms with Gasteiger partial charge in [-0.1, -0.05) is 47.7 Å². The Bertz CT molecular complexity index is 1240. The van der Waals surface area contributed by atoms with Crippen LogP contribution in [0.5, 0.6) is 11.5 Å². The maximum atomic E-state index is 12.1. The van der Waals surface area contributed by atoms with Crippen molar-refractivity contribution in [2.75, 3.05) is 14.2 Å². The van der Waals surface area contributed by atoms with Crippen molar-refractivity contribution in [2.24, 2.45) is 0 Å².